The SMILES string of the molecule is CC1CNCCC1NC(=O)c1sc2cc(Cl)ccc2c1Cl. The zero-order valence-corrected chi connectivity index (χ0v) is 13.9. The molecular weight excluding hydrogens is 327 g/mol. The van der Waals surface area contributed by atoms with Gasteiger partial charge in [-0.25, -0.2) is 0 Å². The second-order valence-corrected chi connectivity index (χ2v) is 7.30. The minimum absolute atomic E-state index is 0.0870. The molecule has 0 bridgehead atoms. The molecule has 2 N–H and O–H groups in total. The van der Waals surface area contributed by atoms with Gasteiger partial charge >= 0.3 is 0 Å². The molecule has 6 heteroatoms. The fraction of sp³-hybridized carbons (Fsp3) is 0.400. The third kappa shape index (κ3) is 3.04. The van der Waals surface area contributed by atoms with E-state index in [0.717, 1.165) is 29.6 Å². The number of hydrogen-bond donors (Lipinski definition) is 2. The van der Waals surface area contributed by atoms with Crippen LogP contribution in [0.3, 0.4) is 0 Å². The average Bonchev–Trinajstić information content (AvgIpc) is 2.78. The third-order valence-electron chi connectivity index (χ3n) is 3.90. The van der Waals surface area contributed by atoms with Crippen molar-refractivity contribution in [1.82, 2.24) is 10.6 Å². The lowest BCUT2D eigenvalue weighted by molar-refractivity contribution is 0.0918. The van der Waals surface area contributed by atoms with Crippen molar-refractivity contribution < 1.29 is 4.79 Å². The molecule has 3 nitrogen and oxygen atoms in total. The molecule has 1 aliphatic heterocycles. The van der Waals surface area contributed by atoms with Gasteiger partial charge in [0.2, 0.25) is 0 Å². The molecule has 2 heterocycles. The van der Waals surface area contributed by atoms with E-state index in [4.69, 9.17) is 23.2 Å². The van der Waals surface area contributed by atoms with Gasteiger partial charge < -0.3 is 10.6 Å². The monoisotopic (exact) mass is 342 g/mol. The fourth-order valence-corrected chi connectivity index (χ4v) is 4.34. The summed E-state index contributed by atoms with van der Waals surface area (Å²) in [6.45, 7) is 4.01. The molecule has 1 aliphatic rings. The van der Waals surface area contributed by atoms with E-state index in [1.807, 2.05) is 12.1 Å². The van der Waals surface area contributed by atoms with Crippen LogP contribution >= 0.6 is 34.5 Å². The summed E-state index contributed by atoms with van der Waals surface area (Å²) in [5.41, 5.74) is 0. The molecule has 2 aromatic rings. The van der Waals surface area contributed by atoms with Crippen LogP contribution in [-0.2, 0) is 0 Å². The van der Waals surface area contributed by atoms with Crippen molar-refractivity contribution in [2.24, 2.45) is 5.92 Å². The zero-order chi connectivity index (χ0) is 15.0. The number of thiophene rings is 1. The van der Waals surface area contributed by atoms with E-state index in [2.05, 4.69) is 17.6 Å². The summed E-state index contributed by atoms with van der Waals surface area (Å²) in [5.74, 6) is 0.335. The molecule has 1 aromatic heterocycles. The Hall–Kier alpha value is -0.810. The lowest BCUT2D eigenvalue weighted by Gasteiger charge is -2.30. The smallest absolute Gasteiger partial charge is 0.263 e. The lowest BCUT2D eigenvalue weighted by atomic mass is 9.95. The largest absolute Gasteiger partial charge is 0.348 e. The minimum atomic E-state index is -0.0870. The summed E-state index contributed by atoms with van der Waals surface area (Å²) < 4.78 is 0.941. The van der Waals surface area contributed by atoms with E-state index in [1.165, 1.54) is 11.3 Å². The summed E-state index contributed by atoms with van der Waals surface area (Å²) in [6.07, 6.45) is 0.946. The molecule has 2 unspecified atom stereocenters. The van der Waals surface area contributed by atoms with Gasteiger partial charge in [0.05, 0.1) is 5.02 Å². The number of nitrogens with one attached hydrogen (secondary N) is 2. The highest BCUT2D eigenvalue weighted by molar-refractivity contribution is 7.21. The Morgan fingerprint density at radius 1 is 1.43 bits per heavy atom. The maximum Gasteiger partial charge on any atom is 0.263 e. The van der Waals surface area contributed by atoms with Crippen molar-refractivity contribution in [2.45, 2.75) is 19.4 Å². The van der Waals surface area contributed by atoms with E-state index < -0.39 is 0 Å². The molecule has 1 saturated heterocycles. The number of hydrogen-bond acceptors (Lipinski definition) is 3. The molecule has 2 atom stereocenters. The first-order valence-electron chi connectivity index (χ1n) is 6.95. The molecule has 0 radical (unpaired) electrons. The molecule has 112 valence electrons. The van der Waals surface area contributed by atoms with Gasteiger partial charge in [-0.1, -0.05) is 36.2 Å². The summed E-state index contributed by atoms with van der Waals surface area (Å²) in [6, 6.07) is 5.69. The third-order valence-corrected chi connectivity index (χ3v) is 5.79. The maximum absolute atomic E-state index is 12.5. The van der Waals surface area contributed by atoms with Gasteiger partial charge in [0.15, 0.2) is 0 Å². The predicted octanol–water partition coefficient (Wildman–Crippen LogP) is 3.94. The average molecular weight is 343 g/mol. The van der Waals surface area contributed by atoms with Crippen LogP contribution in [0.4, 0.5) is 0 Å². The Kier molecular flexibility index (Phi) is 4.41. The highest BCUT2D eigenvalue weighted by atomic mass is 35.5. The predicted molar refractivity (Wildman–Crippen MR) is 89.7 cm³/mol. The Morgan fingerprint density at radius 3 is 3.00 bits per heavy atom. The van der Waals surface area contributed by atoms with Crippen LogP contribution in [0.2, 0.25) is 10.0 Å². The maximum atomic E-state index is 12.5. The highest BCUT2D eigenvalue weighted by Gasteiger charge is 2.25. The number of piperidine rings is 1. The van der Waals surface area contributed by atoms with Crippen LogP contribution in [0, 0.1) is 5.92 Å². The second kappa shape index (κ2) is 6.13. The molecule has 21 heavy (non-hydrogen) atoms. The van der Waals surface area contributed by atoms with Crippen LogP contribution in [0.5, 0.6) is 0 Å². The van der Waals surface area contributed by atoms with Gasteiger partial charge in [0.1, 0.15) is 4.88 Å². The van der Waals surface area contributed by atoms with Gasteiger partial charge in [-0.15, -0.1) is 11.3 Å². The topological polar surface area (TPSA) is 41.1 Å². The quantitative estimate of drug-likeness (QED) is 0.867. The summed E-state index contributed by atoms with van der Waals surface area (Å²) in [7, 11) is 0. The Balaban J connectivity index is 1.85. The molecule has 1 fully saturated rings. The van der Waals surface area contributed by atoms with E-state index in [9.17, 15) is 4.79 Å². The second-order valence-electron chi connectivity index (χ2n) is 5.44. The molecule has 1 amide bonds. The fourth-order valence-electron chi connectivity index (χ4n) is 2.65. The summed E-state index contributed by atoms with van der Waals surface area (Å²) in [5, 5.41) is 8.50. The lowest BCUT2D eigenvalue weighted by Crippen LogP contribution is -2.48. The summed E-state index contributed by atoms with van der Waals surface area (Å²) >= 11 is 13.7. The minimum Gasteiger partial charge on any atom is -0.348 e. The molecule has 0 saturated carbocycles. The Morgan fingerprint density at radius 2 is 2.24 bits per heavy atom. The number of amides is 1. The van der Waals surface area contributed by atoms with Gasteiger partial charge in [-0.05, 0) is 37.6 Å². The van der Waals surface area contributed by atoms with Gasteiger partial charge in [0.25, 0.3) is 5.91 Å². The molecule has 0 aliphatic carbocycles. The van der Waals surface area contributed by atoms with Crippen LogP contribution in [0.25, 0.3) is 10.1 Å². The first kappa shape index (κ1) is 15.1. The number of benzene rings is 1. The number of carbonyl (C=O) groups excluding carboxylic acids is 1. The Labute approximate surface area is 137 Å². The molecule has 1 aromatic carbocycles. The Bertz CT molecular complexity index is 686. The summed E-state index contributed by atoms with van der Waals surface area (Å²) in [4.78, 5) is 13.1. The van der Waals surface area contributed by atoms with Crippen LogP contribution < -0.4 is 10.6 Å². The van der Waals surface area contributed by atoms with Crippen molar-refractivity contribution in [2.75, 3.05) is 13.1 Å². The van der Waals surface area contributed by atoms with E-state index in [-0.39, 0.29) is 11.9 Å². The number of rotatable bonds is 2. The zero-order valence-electron chi connectivity index (χ0n) is 11.6. The first-order chi connectivity index (χ1) is 10.1. The van der Waals surface area contributed by atoms with Gasteiger partial charge in [0, 0.05) is 21.2 Å². The van der Waals surface area contributed by atoms with E-state index in [1.54, 1.807) is 6.07 Å². The number of fused-ring (bicyclic) bond motifs is 1. The molecule has 3 rings (SSSR count). The van der Waals surface area contributed by atoms with Crippen LogP contribution in [0.15, 0.2) is 18.2 Å². The first-order valence-corrected chi connectivity index (χ1v) is 8.52. The van der Waals surface area contributed by atoms with Crippen molar-refractivity contribution in [3.8, 4) is 0 Å². The highest BCUT2D eigenvalue weighted by Crippen LogP contribution is 2.36. The van der Waals surface area contributed by atoms with Crippen molar-refractivity contribution in [1.29, 1.82) is 0 Å². The van der Waals surface area contributed by atoms with Crippen molar-refractivity contribution >= 4 is 50.5 Å². The van der Waals surface area contributed by atoms with Crippen LogP contribution in [-0.4, -0.2) is 25.0 Å². The number of halogens is 2. The van der Waals surface area contributed by atoms with Crippen molar-refractivity contribution in [3.05, 3.63) is 33.1 Å². The van der Waals surface area contributed by atoms with Crippen LogP contribution in [0.1, 0.15) is 23.0 Å². The number of carbonyl (C=O) groups is 1. The van der Waals surface area contributed by atoms with Gasteiger partial charge in [-0.2, -0.15) is 0 Å². The van der Waals surface area contributed by atoms with Crippen molar-refractivity contribution in [3.63, 3.8) is 0 Å². The van der Waals surface area contributed by atoms with Gasteiger partial charge in [-0.3, -0.25) is 4.79 Å². The molecule has 0 spiro atoms. The van der Waals surface area contributed by atoms with E-state index in [0.29, 0.717) is 20.8 Å². The van der Waals surface area contributed by atoms with E-state index >= 15 is 0 Å². The standard InChI is InChI=1S/C15H16Cl2N2OS/c1-8-7-18-5-4-11(8)19-15(20)14-13(17)10-3-2-9(16)6-12(10)21-14/h2-3,6,8,11,18H,4-5,7H2,1H3,(H,19,20). The normalized spacial score (nSPS) is 22.4. The molecular formula is C15H16Cl2N2OS.